The number of carbonyl (C=O) groups is 1. The van der Waals surface area contributed by atoms with Crippen molar-refractivity contribution in [3.8, 4) is 12.3 Å². The van der Waals surface area contributed by atoms with Crippen molar-refractivity contribution < 1.29 is 4.79 Å². The summed E-state index contributed by atoms with van der Waals surface area (Å²) >= 11 is 0. The molecule has 102 valence electrons. The number of amides is 1. The monoisotopic (exact) mass is 258 g/mol. The molecule has 2 N–H and O–H groups in total. The molecule has 1 amide bonds. The lowest BCUT2D eigenvalue weighted by molar-refractivity contribution is -0.123. The zero-order valence-electron chi connectivity index (χ0n) is 12.1. The van der Waals surface area contributed by atoms with Gasteiger partial charge in [-0.1, -0.05) is 18.9 Å². The van der Waals surface area contributed by atoms with E-state index in [1.165, 1.54) is 0 Å². The number of carbonyl (C=O) groups excluding carboxylic acids is 1. The average Bonchev–Trinajstić information content (AvgIpc) is 2.38. The van der Waals surface area contributed by atoms with E-state index in [2.05, 4.69) is 23.5 Å². The molecule has 0 heterocycles. The number of terminal acetylenes is 1. The van der Waals surface area contributed by atoms with Crippen LogP contribution in [0.25, 0.3) is 0 Å². The van der Waals surface area contributed by atoms with Gasteiger partial charge in [0.05, 0.1) is 0 Å². The van der Waals surface area contributed by atoms with E-state index in [0.29, 0.717) is 0 Å². The van der Waals surface area contributed by atoms with E-state index < -0.39 is 0 Å². The number of benzene rings is 1. The molecule has 1 atom stereocenters. The Morgan fingerprint density at radius 3 is 2.74 bits per heavy atom. The maximum absolute atomic E-state index is 12.1. The van der Waals surface area contributed by atoms with Gasteiger partial charge in [-0.05, 0) is 45.4 Å². The molecule has 0 bridgehead atoms. The number of nitrogens with one attached hydrogen (secondary N) is 2. The molecule has 3 heteroatoms. The van der Waals surface area contributed by atoms with Crippen LogP contribution in [0.15, 0.2) is 24.3 Å². The predicted molar refractivity (Wildman–Crippen MR) is 80.0 cm³/mol. The number of hydrogen-bond acceptors (Lipinski definition) is 2. The first-order chi connectivity index (χ1) is 8.88. The van der Waals surface area contributed by atoms with E-state index in [1.54, 1.807) is 0 Å². The van der Waals surface area contributed by atoms with Crippen LogP contribution in [0.5, 0.6) is 0 Å². The van der Waals surface area contributed by atoms with Gasteiger partial charge < -0.3 is 10.6 Å². The molecule has 0 aromatic heterocycles. The Bertz CT molecular complexity index is 486. The molecule has 19 heavy (non-hydrogen) atoms. The Hall–Kier alpha value is -1.95. The van der Waals surface area contributed by atoms with E-state index >= 15 is 0 Å². The molecule has 0 saturated carbocycles. The minimum Gasteiger partial charge on any atom is -0.374 e. The van der Waals surface area contributed by atoms with Crippen molar-refractivity contribution in [3.05, 3.63) is 29.8 Å². The number of anilines is 1. The molecule has 3 nitrogen and oxygen atoms in total. The largest absolute Gasteiger partial charge is 0.374 e. The maximum Gasteiger partial charge on any atom is 0.242 e. The van der Waals surface area contributed by atoms with E-state index in [9.17, 15) is 4.79 Å². The fraction of sp³-hybridized carbons (Fsp3) is 0.438. The van der Waals surface area contributed by atoms with E-state index in [4.69, 9.17) is 6.42 Å². The SMILES string of the molecule is C#Cc1cccc(NC(C)C(=O)NC(C)(C)CC)c1. The Kier molecular flexibility index (Phi) is 5.00. The Balaban J connectivity index is 2.66. The van der Waals surface area contributed by atoms with Gasteiger partial charge in [0.25, 0.3) is 0 Å². The maximum atomic E-state index is 12.1. The first kappa shape index (κ1) is 15.1. The predicted octanol–water partition coefficient (Wildman–Crippen LogP) is 2.77. The minimum atomic E-state index is -0.307. The normalized spacial score (nSPS) is 12.4. The van der Waals surface area contributed by atoms with Crippen molar-refractivity contribution >= 4 is 11.6 Å². The third kappa shape index (κ3) is 4.67. The topological polar surface area (TPSA) is 41.1 Å². The van der Waals surface area contributed by atoms with Gasteiger partial charge in [0.1, 0.15) is 6.04 Å². The summed E-state index contributed by atoms with van der Waals surface area (Å²) in [6, 6.07) is 7.18. The van der Waals surface area contributed by atoms with Gasteiger partial charge in [0.2, 0.25) is 5.91 Å². The molecular weight excluding hydrogens is 236 g/mol. The highest BCUT2D eigenvalue weighted by Crippen LogP contribution is 2.12. The van der Waals surface area contributed by atoms with Gasteiger partial charge in [-0.3, -0.25) is 4.79 Å². The average molecular weight is 258 g/mol. The van der Waals surface area contributed by atoms with Crippen molar-refractivity contribution in [2.45, 2.75) is 45.7 Å². The molecule has 0 spiro atoms. The third-order valence-corrected chi connectivity index (χ3v) is 3.15. The van der Waals surface area contributed by atoms with Crippen LogP contribution in [0.1, 0.15) is 39.7 Å². The van der Waals surface area contributed by atoms with Gasteiger partial charge in [-0.25, -0.2) is 0 Å². The molecule has 0 saturated heterocycles. The van der Waals surface area contributed by atoms with Gasteiger partial charge >= 0.3 is 0 Å². The summed E-state index contributed by atoms with van der Waals surface area (Å²) in [6.45, 7) is 7.91. The van der Waals surface area contributed by atoms with Crippen LogP contribution < -0.4 is 10.6 Å². The Labute approximate surface area is 115 Å². The van der Waals surface area contributed by atoms with Gasteiger partial charge in [-0.2, -0.15) is 0 Å². The van der Waals surface area contributed by atoms with Crippen molar-refractivity contribution in [1.82, 2.24) is 5.32 Å². The lowest BCUT2D eigenvalue weighted by Gasteiger charge is -2.27. The fourth-order valence-corrected chi connectivity index (χ4v) is 1.54. The standard InChI is InChI=1S/C16H22N2O/c1-6-13-9-8-10-14(11-13)17-12(3)15(19)18-16(4,5)7-2/h1,8-12,17H,7H2,2-5H3,(H,18,19). The van der Waals surface area contributed by atoms with Gasteiger partial charge in [-0.15, -0.1) is 6.42 Å². The lowest BCUT2D eigenvalue weighted by atomic mass is 10.0. The van der Waals surface area contributed by atoms with E-state index in [0.717, 1.165) is 17.7 Å². The molecule has 0 aliphatic carbocycles. The number of rotatable bonds is 5. The Morgan fingerprint density at radius 1 is 1.47 bits per heavy atom. The summed E-state index contributed by atoms with van der Waals surface area (Å²) in [5, 5.41) is 6.17. The Morgan fingerprint density at radius 2 is 2.16 bits per heavy atom. The second-order valence-corrected chi connectivity index (χ2v) is 5.32. The van der Waals surface area contributed by atoms with Crippen LogP contribution in [-0.2, 0) is 4.79 Å². The molecule has 0 aliphatic heterocycles. The van der Waals surface area contributed by atoms with E-state index in [-0.39, 0.29) is 17.5 Å². The summed E-state index contributed by atoms with van der Waals surface area (Å²) < 4.78 is 0. The fourth-order valence-electron chi connectivity index (χ4n) is 1.54. The first-order valence-electron chi connectivity index (χ1n) is 6.53. The van der Waals surface area contributed by atoms with Crippen molar-refractivity contribution in [1.29, 1.82) is 0 Å². The first-order valence-corrected chi connectivity index (χ1v) is 6.53. The smallest absolute Gasteiger partial charge is 0.242 e. The molecule has 1 aromatic carbocycles. The summed E-state index contributed by atoms with van der Waals surface area (Å²) in [4.78, 5) is 12.1. The van der Waals surface area contributed by atoms with Crippen LogP contribution in [0.3, 0.4) is 0 Å². The summed E-state index contributed by atoms with van der Waals surface area (Å²) in [5.41, 5.74) is 1.46. The van der Waals surface area contributed by atoms with Crippen LogP contribution in [-0.4, -0.2) is 17.5 Å². The van der Waals surface area contributed by atoms with Crippen LogP contribution in [0.4, 0.5) is 5.69 Å². The second-order valence-electron chi connectivity index (χ2n) is 5.32. The van der Waals surface area contributed by atoms with Gasteiger partial charge in [0, 0.05) is 16.8 Å². The zero-order chi connectivity index (χ0) is 14.5. The van der Waals surface area contributed by atoms with Crippen LogP contribution in [0, 0.1) is 12.3 Å². The molecule has 0 radical (unpaired) electrons. The van der Waals surface area contributed by atoms with Crippen molar-refractivity contribution in [2.75, 3.05) is 5.32 Å². The van der Waals surface area contributed by atoms with Crippen molar-refractivity contribution in [3.63, 3.8) is 0 Å². The van der Waals surface area contributed by atoms with Crippen LogP contribution in [0.2, 0.25) is 0 Å². The second kappa shape index (κ2) is 6.29. The molecule has 1 rings (SSSR count). The molecular formula is C16H22N2O. The summed E-state index contributed by atoms with van der Waals surface area (Å²) in [5.74, 6) is 2.56. The highest BCUT2D eigenvalue weighted by Gasteiger charge is 2.21. The van der Waals surface area contributed by atoms with E-state index in [1.807, 2.05) is 45.0 Å². The molecule has 0 aliphatic rings. The number of hydrogen-bond donors (Lipinski definition) is 2. The molecule has 1 unspecified atom stereocenters. The minimum absolute atomic E-state index is 0.0158. The highest BCUT2D eigenvalue weighted by molar-refractivity contribution is 5.84. The highest BCUT2D eigenvalue weighted by atomic mass is 16.2. The zero-order valence-corrected chi connectivity index (χ0v) is 12.1. The summed E-state index contributed by atoms with van der Waals surface area (Å²) in [6.07, 6.45) is 6.24. The van der Waals surface area contributed by atoms with Gasteiger partial charge in [0.15, 0.2) is 0 Å². The van der Waals surface area contributed by atoms with Crippen LogP contribution >= 0.6 is 0 Å². The third-order valence-electron chi connectivity index (χ3n) is 3.15. The lowest BCUT2D eigenvalue weighted by Crippen LogP contribution is -2.48. The molecule has 1 aromatic rings. The van der Waals surface area contributed by atoms with Crippen molar-refractivity contribution in [2.24, 2.45) is 0 Å². The quantitative estimate of drug-likeness (QED) is 0.797. The molecule has 0 fully saturated rings. The summed E-state index contributed by atoms with van der Waals surface area (Å²) in [7, 11) is 0.